The molecule has 0 saturated heterocycles. The topological polar surface area (TPSA) is 70.2 Å². The van der Waals surface area contributed by atoms with Gasteiger partial charge in [-0.05, 0) is 0 Å². The average molecular weight is 270 g/mol. The molecule has 0 spiro atoms. The minimum atomic E-state index is -4.63. The SMILES string of the molecule is OCC1=COC(c2[nH]nc(C(F)(F)F)c2Cl)N1. The number of H-pyrrole nitrogens is 1. The number of hydrogen-bond acceptors (Lipinski definition) is 4. The highest BCUT2D eigenvalue weighted by Gasteiger charge is 2.39. The monoisotopic (exact) mass is 269 g/mol. The van der Waals surface area contributed by atoms with Crippen LogP contribution in [0, 0.1) is 0 Å². The Morgan fingerprint density at radius 3 is 2.71 bits per heavy atom. The van der Waals surface area contributed by atoms with E-state index in [0.29, 0.717) is 5.70 Å². The van der Waals surface area contributed by atoms with Crippen LogP contribution in [0.25, 0.3) is 0 Å². The lowest BCUT2D eigenvalue weighted by atomic mass is 10.3. The molecule has 1 atom stereocenters. The number of aliphatic hydroxyl groups excluding tert-OH is 1. The molecule has 9 heteroatoms. The fourth-order valence-corrected chi connectivity index (χ4v) is 1.60. The fourth-order valence-electron chi connectivity index (χ4n) is 1.31. The summed E-state index contributed by atoms with van der Waals surface area (Å²) in [4.78, 5) is 0. The average Bonchev–Trinajstić information content (AvgIpc) is 2.82. The van der Waals surface area contributed by atoms with Crippen LogP contribution in [0.15, 0.2) is 12.0 Å². The zero-order chi connectivity index (χ0) is 12.6. The molecule has 0 saturated carbocycles. The summed E-state index contributed by atoms with van der Waals surface area (Å²) in [5, 5.41) is 16.1. The maximum absolute atomic E-state index is 12.4. The Kier molecular flexibility index (Phi) is 2.92. The molecule has 2 rings (SSSR count). The predicted molar refractivity (Wildman–Crippen MR) is 50.7 cm³/mol. The van der Waals surface area contributed by atoms with E-state index in [2.05, 4.69) is 15.5 Å². The van der Waals surface area contributed by atoms with E-state index in [4.69, 9.17) is 21.4 Å². The lowest BCUT2D eigenvalue weighted by Crippen LogP contribution is -2.18. The number of nitrogens with zero attached hydrogens (tertiary/aromatic N) is 1. The molecule has 3 N–H and O–H groups in total. The van der Waals surface area contributed by atoms with Gasteiger partial charge in [-0.3, -0.25) is 5.10 Å². The van der Waals surface area contributed by atoms with Crippen LogP contribution in [-0.4, -0.2) is 21.9 Å². The van der Waals surface area contributed by atoms with E-state index >= 15 is 0 Å². The quantitative estimate of drug-likeness (QED) is 0.762. The van der Waals surface area contributed by atoms with Gasteiger partial charge in [-0.15, -0.1) is 0 Å². The van der Waals surface area contributed by atoms with Crippen LogP contribution in [0.5, 0.6) is 0 Å². The molecule has 2 heterocycles. The first kappa shape index (κ1) is 12.1. The molecule has 0 aromatic carbocycles. The van der Waals surface area contributed by atoms with Crippen LogP contribution in [0.4, 0.5) is 13.2 Å². The lowest BCUT2D eigenvalue weighted by Gasteiger charge is -2.10. The molecule has 17 heavy (non-hydrogen) atoms. The molecule has 0 bridgehead atoms. The largest absolute Gasteiger partial charge is 0.471 e. The Bertz CT molecular complexity index is 457. The molecule has 1 unspecified atom stereocenters. The van der Waals surface area contributed by atoms with Crippen molar-refractivity contribution in [2.45, 2.75) is 12.4 Å². The van der Waals surface area contributed by atoms with Crippen molar-refractivity contribution >= 4 is 11.6 Å². The summed E-state index contributed by atoms with van der Waals surface area (Å²) < 4.78 is 42.2. The van der Waals surface area contributed by atoms with Crippen LogP contribution >= 0.6 is 11.6 Å². The standard InChI is InChI=1S/C8H7ClF3N3O2/c9-4-5(7-13-3(1-16)2-17-7)14-15-6(4)8(10,11)12/h2,7,13,16H,1H2,(H,14,15). The third-order valence-corrected chi connectivity index (χ3v) is 2.48. The van der Waals surface area contributed by atoms with E-state index in [0.717, 1.165) is 0 Å². The van der Waals surface area contributed by atoms with Crippen LogP contribution < -0.4 is 5.32 Å². The number of rotatable bonds is 2. The molecular weight excluding hydrogens is 263 g/mol. The maximum atomic E-state index is 12.4. The molecule has 0 fully saturated rings. The molecule has 1 aromatic heterocycles. The van der Waals surface area contributed by atoms with E-state index in [1.54, 1.807) is 0 Å². The first-order valence-electron chi connectivity index (χ1n) is 4.46. The second kappa shape index (κ2) is 4.11. The van der Waals surface area contributed by atoms with Crippen molar-refractivity contribution in [3.63, 3.8) is 0 Å². The molecule has 1 aliphatic rings. The predicted octanol–water partition coefficient (Wildman–Crippen LogP) is 1.53. The normalized spacial score (nSPS) is 19.8. The van der Waals surface area contributed by atoms with E-state index in [-0.39, 0.29) is 12.3 Å². The summed E-state index contributed by atoms with van der Waals surface area (Å²) in [6, 6.07) is 0. The first-order valence-corrected chi connectivity index (χ1v) is 4.84. The van der Waals surface area contributed by atoms with Crippen LogP contribution in [0.3, 0.4) is 0 Å². The number of aliphatic hydroxyl groups is 1. The molecule has 0 radical (unpaired) electrons. The Morgan fingerprint density at radius 1 is 1.53 bits per heavy atom. The second-order valence-corrected chi connectivity index (χ2v) is 3.64. The summed E-state index contributed by atoms with van der Waals surface area (Å²) in [5.74, 6) is 0. The summed E-state index contributed by atoms with van der Waals surface area (Å²) in [7, 11) is 0. The molecule has 0 amide bonds. The molecule has 1 aromatic rings. The third-order valence-electron chi connectivity index (χ3n) is 2.10. The van der Waals surface area contributed by atoms with Gasteiger partial charge >= 0.3 is 6.18 Å². The minimum Gasteiger partial charge on any atom is -0.471 e. The summed E-state index contributed by atoms with van der Waals surface area (Å²) in [6.45, 7) is -0.311. The highest BCUT2D eigenvalue weighted by molar-refractivity contribution is 6.32. The van der Waals surface area contributed by atoms with Crippen LogP contribution in [-0.2, 0) is 10.9 Å². The van der Waals surface area contributed by atoms with Gasteiger partial charge in [-0.2, -0.15) is 18.3 Å². The summed E-state index contributed by atoms with van der Waals surface area (Å²) >= 11 is 5.56. The van der Waals surface area contributed by atoms with Crippen molar-refractivity contribution in [3.8, 4) is 0 Å². The number of alkyl halides is 3. The van der Waals surface area contributed by atoms with Gasteiger partial charge in [0, 0.05) is 0 Å². The van der Waals surface area contributed by atoms with Gasteiger partial charge in [-0.25, -0.2) is 0 Å². The minimum absolute atomic E-state index is 0.0429. The fraction of sp³-hybridized carbons (Fsp3) is 0.375. The van der Waals surface area contributed by atoms with Crippen molar-refractivity contribution in [2.24, 2.45) is 0 Å². The Hall–Kier alpha value is -1.41. The van der Waals surface area contributed by atoms with Gasteiger partial charge in [0.05, 0.1) is 17.3 Å². The maximum Gasteiger partial charge on any atom is 0.436 e. The second-order valence-electron chi connectivity index (χ2n) is 3.26. The molecule has 94 valence electrons. The number of nitrogens with one attached hydrogen (secondary N) is 2. The Morgan fingerprint density at radius 2 is 2.24 bits per heavy atom. The highest BCUT2D eigenvalue weighted by atomic mass is 35.5. The van der Waals surface area contributed by atoms with Crippen molar-refractivity contribution < 1.29 is 23.0 Å². The van der Waals surface area contributed by atoms with Crippen molar-refractivity contribution in [1.29, 1.82) is 0 Å². The van der Waals surface area contributed by atoms with Crippen LogP contribution in [0.2, 0.25) is 5.02 Å². The number of halogens is 4. The summed E-state index contributed by atoms with van der Waals surface area (Å²) in [6.07, 6.45) is -4.33. The van der Waals surface area contributed by atoms with E-state index in [1.807, 2.05) is 0 Å². The zero-order valence-electron chi connectivity index (χ0n) is 8.18. The Balaban J connectivity index is 2.22. The van der Waals surface area contributed by atoms with E-state index in [9.17, 15) is 13.2 Å². The van der Waals surface area contributed by atoms with Gasteiger partial charge in [0.15, 0.2) is 5.69 Å². The molecule has 1 aliphatic heterocycles. The Labute approximate surface area is 98.2 Å². The highest BCUT2D eigenvalue weighted by Crippen LogP contribution is 2.37. The zero-order valence-corrected chi connectivity index (χ0v) is 8.93. The van der Waals surface area contributed by atoms with Gasteiger partial charge in [0.2, 0.25) is 6.23 Å². The van der Waals surface area contributed by atoms with Gasteiger partial charge in [0.1, 0.15) is 12.0 Å². The van der Waals surface area contributed by atoms with E-state index < -0.39 is 23.1 Å². The van der Waals surface area contributed by atoms with Gasteiger partial charge in [-0.1, -0.05) is 11.6 Å². The summed E-state index contributed by atoms with van der Waals surface area (Å²) in [5.41, 5.74) is -0.898. The molecular formula is C8H7ClF3N3O2. The molecule has 0 aliphatic carbocycles. The number of aromatic nitrogens is 2. The van der Waals surface area contributed by atoms with Crippen molar-refractivity contribution in [2.75, 3.05) is 6.61 Å². The van der Waals surface area contributed by atoms with Gasteiger partial charge < -0.3 is 15.2 Å². The van der Waals surface area contributed by atoms with Crippen LogP contribution in [0.1, 0.15) is 17.6 Å². The van der Waals surface area contributed by atoms with Gasteiger partial charge in [0.25, 0.3) is 0 Å². The number of hydrogen-bond donors (Lipinski definition) is 3. The third kappa shape index (κ3) is 2.18. The number of aromatic amines is 1. The number of ether oxygens (including phenoxy) is 1. The van der Waals surface area contributed by atoms with Crippen molar-refractivity contribution in [3.05, 3.63) is 28.4 Å². The molecule has 5 nitrogen and oxygen atoms in total. The first-order chi connectivity index (χ1) is 7.93. The lowest BCUT2D eigenvalue weighted by molar-refractivity contribution is -0.141. The van der Waals surface area contributed by atoms with Crippen molar-refractivity contribution in [1.82, 2.24) is 15.5 Å². The van der Waals surface area contributed by atoms with E-state index in [1.165, 1.54) is 6.26 Å². The smallest absolute Gasteiger partial charge is 0.436 e.